The number of rotatable bonds is 5. The van der Waals surface area contributed by atoms with Gasteiger partial charge in [0.05, 0.1) is 12.1 Å². The van der Waals surface area contributed by atoms with E-state index in [-0.39, 0.29) is 12.5 Å². The molecule has 3 aromatic rings. The van der Waals surface area contributed by atoms with Gasteiger partial charge in [-0.2, -0.15) is 4.98 Å². The predicted molar refractivity (Wildman–Crippen MR) is 97.4 cm³/mol. The molecular weight excluding hydrogens is 328 g/mol. The maximum absolute atomic E-state index is 12.6. The third-order valence-electron chi connectivity index (χ3n) is 4.76. The van der Waals surface area contributed by atoms with E-state index in [4.69, 9.17) is 4.52 Å². The molecule has 1 amide bonds. The van der Waals surface area contributed by atoms with Crippen molar-refractivity contribution in [2.24, 2.45) is 0 Å². The average molecular weight is 350 g/mol. The molecule has 134 valence electrons. The molecule has 0 radical (unpaired) electrons. The van der Waals surface area contributed by atoms with Crippen LogP contribution in [-0.2, 0) is 6.54 Å². The molecule has 1 fully saturated rings. The Bertz CT molecular complexity index is 966. The zero-order valence-corrected chi connectivity index (χ0v) is 15.2. The van der Waals surface area contributed by atoms with E-state index in [0.717, 1.165) is 35.7 Å². The third kappa shape index (κ3) is 3.14. The molecule has 0 spiro atoms. The molecule has 0 unspecified atom stereocenters. The molecule has 2 aromatic heterocycles. The fourth-order valence-electron chi connectivity index (χ4n) is 3.26. The Hall–Kier alpha value is -2.89. The van der Waals surface area contributed by atoms with Gasteiger partial charge in [0, 0.05) is 23.0 Å². The van der Waals surface area contributed by atoms with Crippen molar-refractivity contribution < 1.29 is 9.32 Å². The minimum Gasteiger partial charge on any atom is -0.343 e. The lowest BCUT2D eigenvalue weighted by molar-refractivity contribution is 0.0945. The first-order chi connectivity index (χ1) is 12.5. The first kappa shape index (κ1) is 16.6. The second-order valence-corrected chi connectivity index (χ2v) is 6.96. The Morgan fingerprint density at radius 3 is 2.81 bits per heavy atom. The van der Waals surface area contributed by atoms with E-state index in [1.54, 1.807) is 0 Å². The Morgan fingerprint density at radius 2 is 2.08 bits per heavy atom. The number of benzene rings is 1. The van der Waals surface area contributed by atoms with E-state index in [9.17, 15) is 4.79 Å². The van der Waals surface area contributed by atoms with Gasteiger partial charge in [-0.1, -0.05) is 17.3 Å². The average Bonchev–Trinajstić information content (AvgIpc) is 3.28. The first-order valence-corrected chi connectivity index (χ1v) is 8.89. The van der Waals surface area contributed by atoms with Gasteiger partial charge in [-0.05, 0) is 57.4 Å². The second kappa shape index (κ2) is 6.44. The highest BCUT2D eigenvalue weighted by Gasteiger charge is 2.28. The summed E-state index contributed by atoms with van der Waals surface area (Å²) in [6.45, 7) is 6.27. The minimum absolute atomic E-state index is 0.136. The molecule has 1 aliphatic rings. The number of carbonyl (C=O) groups excluding carboxylic acids is 1. The normalized spacial score (nSPS) is 13.8. The summed E-state index contributed by atoms with van der Waals surface area (Å²) in [7, 11) is 0. The van der Waals surface area contributed by atoms with Gasteiger partial charge in [0.25, 0.3) is 5.91 Å². The zero-order valence-electron chi connectivity index (χ0n) is 15.2. The molecule has 1 aromatic carbocycles. The summed E-state index contributed by atoms with van der Waals surface area (Å²) in [6, 6.07) is 10.2. The highest BCUT2D eigenvalue weighted by Crippen LogP contribution is 2.38. The van der Waals surface area contributed by atoms with E-state index in [1.807, 2.05) is 32.0 Å². The lowest BCUT2D eigenvalue weighted by Gasteiger charge is -2.10. The standard InChI is InChI=1S/C20H22N4O2/c1-12-5-4-6-16(9-12)24-13(2)10-17(14(24)3)20(25)21-11-18-22-19(23-26-18)15-7-8-15/h4-6,9-10,15H,7-8,11H2,1-3H3,(H,21,25). The molecule has 6 heteroatoms. The largest absolute Gasteiger partial charge is 0.343 e. The number of aromatic nitrogens is 3. The SMILES string of the molecule is Cc1cccc(-n2c(C)cc(C(=O)NCc3nc(C4CC4)no3)c2C)c1. The lowest BCUT2D eigenvalue weighted by Crippen LogP contribution is -2.23. The Labute approximate surface area is 152 Å². The molecule has 1 aliphatic carbocycles. The molecule has 26 heavy (non-hydrogen) atoms. The minimum atomic E-state index is -0.136. The van der Waals surface area contributed by atoms with Crippen molar-refractivity contribution in [2.75, 3.05) is 0 Å². The van der Waals surface area contributed by atoms with Gasteiger partial charge in [0.15, 0.2) is 5.82 Å². The zero-order chi connectivity index (χ0) is 18.3. The molecule has 0 saturated heterocycles. The van der Waals surface area contributed by atoms with Crippen LogP contribution in [0.15, 0.2) is 34.9 Å². The van der Waals surface area contributed by atoms with Crippen molar-refractivity contribution in [3.8, 4) is 5.69 Å². The van der Waals surface area contributed by atoms with Crippen molar-refractivity contribution in [3.05, 3.63) is 64.6 Å². The van der Waals surface area contributed by atoms with Gasteiger partial charge in [-0.15, -0.1) is 0 Å². The van der Waals surface area contributed by atoms with Gasteiger partial charge in [-0.25, -0.2) is 0 Å². The monoisotopic (exact) mass is 350 g/mol. The van der Waals surface area contributed by atoms with Gasteiger partial charge in [0.1, 0.15) is 0 Å². The van der Waals surface area contributed by atoms with Crippen LogP contribution in [-0.4, -0.2) is 20.6 Å². The summed E-state index contributed by atoms with van der Waals surface area (Å²) in [5.74, 6) is 1.51. The molecule has 4 rings (SSSR count). The van der Waals surface area contributed by atoms with Crippen LogP contribution in [0.4, 0.5) is 0 Å². The van der Waals surface area contributed by atoms with Crippen LogP contribution in [0, 0.1) is 20.8 Å². The maximum atomic E-state index is 12.6. The Morgan fingerprint density at radius 1 is 1.27 bits per heavy atom. The number of hydrogen-bond acceptors (Lipinski definition) is 4. The van der Waals surface area contributed by atoms with Gasteiger partial charge in [0.2, 0.25) is 5.89 Å². The third-order valence-corrected chi connectivity index (χ3v) is 4.76. The van der Waals surface area contributed by atoms with Crippen molar-refractivity contribution >= 4 is 5.91 Å². The number of hydrogen-bond donors (Lipinski definition) is 1. The molecule has 0 atom stereocenters. The molecular formula is C20H22N4O2. The van der Waals surface area contributed by atoms with E-state index >= 15 is 0 Å². The Balaban J connectivity index is 1.51. The van der Waals surface area contributed by atoms with Crippen LogP contribution < -0.4 is 5.32 Å². The van der Waals surface area contributed by atoms with Crippen LogP contribution in [0.2, 0.25) is 0 Å². The van der Waals surface area contributed by atoms with Crippen LogP contribution >= 0.6 is 0 Å². The van der Waals surface area contributed by atoms with Gasteiger partial charge >= 0.3 is 0 Å². The summed E-state index contributed by atoms with van der Waals surface area (Å²) in [5, 5.41) is 6.85. The molecule has 2 heterocycles. The second-order valence-electron chi connectivity index (χ2n) is 6.96. The lowest BCUT2D eigenvalue weighted by atomic mass is 10.2. The molecule has 1 N–H and O–H groups in total. The van der Waals surface area contributed by atoms with Crippen LogP contribution in [0.1, 0.15) is 57.8 Å². The summed E-state index contributed by atoms with van der Waals surface area (Å²) >= 11 is 0. The van der Waals surface area contributed by atoms with Gasteiger partial charge < -0.3 is 14.4 Å². The molecule has 1 saturated carbocycles. The number of nitrogens with one attached hydrogen (secondary N) is 1. The van der Waals surface area contributed by atoms with E-state index in [1.165, 1.54) is 5.56 Å². The van der Waals surface area contributed by atoms with Crippen molar-refractivity contribution in [2.45, 2.75) is 46.1 Å². The number of carbonyl (C=O) groups is 1. The number of nitrogens with zero attached hydrogens (tertiary/aromatic N) is 3. The van der Waals surface area contributed by atoms with Crippen LogP contribution in [0.25, 0.3) is 5.69 Å². The molecule has 0 bridgehead atoms. The smallest absolute Gasteiger partial charge is 0.253 e. The van der Waals surface area contributed by atoms with E-state index < -0.39 is 0 Å². The fraction of sp³-hybridized carbons (Fsp3) is 0.350. The maximum Gasteiger partial charge on any atom is 0.253 e. The Kier molecular flexibility index (Phi) is 4.11. The topological polar surface area (TPSA) is 73.0 Å². The van der Waals surface area contributed by atoms with Crippen molar-refractivity contribution in [1.82, 2.24) is 20.0 Å². The quantitative estimate of drug-likeness (QED) is 0.763. The summed E-state index contributed by atoms with van der Waals surface area (Å²) in [4.78, 5) is 17.0. The molecule has 6 nitrogen and oxygen atoms in total. The first-order valence-electron chi connectivity index (χ1n) is 8.89. The van der Waals surface area contributed by atoms with Crippen molar-refractivity contribution in [3.63, 3.8) is 0 Å². The molecule has 0 aliphatic heterocycles. The predicted octanol–water partition coefficient (Wildman–Crippen LogP) is 3.59. The van der Waals surface area contributed by atoms with Crippen molar-refractivity contribution in [1.29, 1.82) is 0 Å². The fourth-order valence-corrected chi connectivity index (χ4v) is 3.26. The summed E-state index contributed by atoms with van der Waals surface area (Å²) in [5.41, 5.74) is 4.83. The van der Waals surface area contributed by atoms with E-state index in [2.05, 4.69) is 39.1 Å². The van der Waals surface area contributed by atoms with E-state index in [0.29, 0.717) is 17.4 Å². The van der Waals surface area contributed by atoms with Gasteiger partial charge in [-0.3, -0.25) is 4.79 Å². The summed E-state index contributed by atoms with van der Waals surface area (Å²) in [6.07, 6.45) is 2.24. The van der Waals surface area contributed by atoms with Crippen LogP contribution in [0.3, 0.4) is 0 Å². The number of amides is 1. The highest BCUT2D eigenvalue weighted by molar-refractivity contribution is 5.95. The van der Waals surface area contributed by atoms with Crippen LogP contribution in [0.5, 0.6) is 0 Å². The number of aryl methyl sites for hydroxylation is 2. The summed E-state index contributed by atoms with van der Waals surface area (Å²) < 4.78 is 7.31. The highest BCUT2D eigenvalue weighted by atomic mass is 16.5.